The van der Waals surface area contributed by atoms with Crippen LogP contribution in [0.15, 0.2) is 24.3 Å². The van der Waals surface area contributed by atoms with Crippen LogP contribution in [0.2, 0.25) is 0 Å². The lowest BCUT2D eigenvalue weighted by Gasteiger charge is -2.27. The van der Waals surface area contributed by atoms with Crippen LogP contribution in [0.25, 0.3) is 0 Å². The second kappa shape index (κ2) is 6.40. The van der Waals surface area contributed by atoms with E-state index in [4.69, 9.17) is 10.5 Å². The fourth-order valence-corrected chi connectivity index (χ4v) is 1.94. The number of benzene rings is 1. The number of carbonyl (C=O) groups is 1. The summed E-state index contributed by atoms with van der Waals surface area (Å²) in [5.74, 6) is -0.0621. The van der Waals surface area contributed by atoms with Gasteiger partial charge in [0.25, 0.3) is 0 Å². The van der Waals surface area contributed by atoms with E-state index in [0.717, 1.165) is 12.0 Å². The van der Waals surface area contributed by atoms with Crippen molar-refractivity contribution < 1.29 is 14.6 Å². The third-order valence-electron chi connectivity index (χ3n) is 3.11. The molecule has 0 spiro atoms. The third-order valence-corrected chi connectivity index (χ3v) is 3.11. The van der Waals surface area contributed by atoms with Gasteiger partial charge in [0.05, 0.1) is 12.0 Å². The van der Waals surface area contributed by atoms with Crippen LogP contribution in [0.3, 0.4) is 0 Å². The Labute approximate surface area is 108 Å². The van der Waals surface area contributed by atoms with Crippen molar-refractivity contribution in [3.63, 3.8) is 0 Å². The molecule has 0 aromatic heterocycles. The fourth-order valence-electron chi connectivity index (χ4n) is 1.94. The van der Waals surface area contributed by atoms with Crippen LogP contribution < -0.4 is 5.73 Å². The zero-order valence-electron chi connectivity index (χ0n) is 11.0. The van der Waals surface area contributed by atoms with E-state index in [9.17, 15) is 9.90 Å². The topological polar surface area (TPSA) is 72.5 Å². The van der Waals surface area contributed by atoms with E-state index in [1.807, 2.05) is 6.92 Å². The molecule has 18 heavy (non-hydrogen) atoms. The standard InChI is InChI=1S/C14H21NO3/c1-3-18-13(17)14(2,9-4-10-15)11-5-7-12(16)8-6-11/h5-8,16H,3-4,9-10,15H2,1-2H3. The first-order valence-electron chi connectivity index (χ1n) is 6.21. The molecule has 4 nitrogen and oxygen atoms in total. The van der Waals surface area contributed by atoms with Crippen molar-refractivity contribution >= 4 is 5.97 Å². The first-order chi connectivity index (χ1) is 8.54. The lowest BCUT2D eigenvalue weighted by atomic mass is 9.78. The van der Waals surface area contributed by atoms with E-state index in [1.54, 1.807) is 31.2 Å². The summed E-state index contributed by atoms with van der Waals surface area (Å²) in [5, 5.41) is 9.30. The Balaban J connectivity index is 3.02. The van der Waals surface area contributed by atoms with Gasteiger partial charge in [-0.1, -0.05) is 12.1 Å². The molecule has 1 aromatic rings. The van der Waals surface area contributed by atoms with Crippen molar-refractivity contribution in [1.82, 2.24) is 0 Å². The summed E-state index contributed by atoms with van der Waals surface area (Å²) >= 11 is 0. The number of phenolic OH excluding ortho intramolecular Hbond substituents is 1. The molecule has 0 aliphatic rings. The second-order valence-electron chi connectivity index (χ2n) is 4.49. The second-order valence-corrected chi connectivity index (χ2v) is 4.49. The minimum Gasteiger partial charge on any atom is -0.508 e. The summed E-state index contributed by atoms with van der Waals surface area (Å²) in [4.78, 5) is 12.1. The van der Waals surface area contributed by atoms with Crippen LogP contribution in [0.5, 0.6) is 5.75 Å². The van der Waals surface area contributed by atoms with Crippen molar-refractivity contribution in [2.24, 2.45) is 5.73 Å². The maximum Gasteiger partial charge on any atom is 0.316 e. The summed E-state index contributed by atoms with van der Waals surface area (Å²) < 4.78 is 5.15. The van der Waals surface area contributed by atoms with E-state index < -0.39 is 5.41 Å². The highest BCUT2D eigenvalue weighted by Crippen LogP contribution is 2.31. The van der Waals surface area contributed by atoms with E-state index in [1.165, 1.54) is 0 Å². The molecule has 0 bridgehead atoms. The molecule has 0 radical (unpaired) electrons. The van der Waals surface area contributed by atoms with Gasteiger partial charge in [0, 0.05) is 0 Å². The van der Waals surface area contributed by atoms with Gasteiger partial charge < -0.3 is 15.6 Å². The van der Waals surface area contributed by atoms with E-state index in [0.29, 0.717) is 19.6 Å². The average Bonchev–Trinajstić information content (AvgIpc) is 2.37. The lowest BCUT2D eigenvalue weighted by molar-refractivity contribution is -0.149. The molecule has 1 atom stereocenters. The molecule has 0 saturated carbocycles. The fraction of sp³-hybridized carbons (Fsp3) is 0.500. The van der Waals surface area contributed by atoms with E-state index in [-0.39, 0.29) is 11.7 Å². The lowest BCUT2D eigenvalue weighted by Crippen LogP contribution is -2.35. The SMILES string of the molecule is CCOC(=O)C(C)(CCCN)c1ccc(O)cc1. The molecule has 1 unspecified atom stereocenters. The summed E-state index contributed by atoms with van der Waals surface area (Å²) in [6, 6.07) is 6.66. The Morgan fingerprint density at radius 3 is 2.50 bits per heavy atom. The Bertz CT molecular complexity index is 389. The van der Waals surface area contributed by atoms with E-state index >= 15 is 0 Å². The number of ether oxygens (including phenoxy) is 1. The highest BCUT2D eigenvalue weighted by atomic mass is 16.5. The smallest absolute Gasteiger partial charge is 0.316 e. The highest BCUT2D eigenvalue weighted by molar-refractivity contribution is 5.82. The molecule has 1 rings (SSSR count). The number of carbonyl (C=O) groups excluding carboxylic acids is 1. The predicted octanol–water partition coefficient (Wildman–Crippen LogP) is 1.95. The molecule has 0 saturated heterocycles. The van der Waals surface area contributed by atoms with Gasteiger partial charge >= 0.3 is 5.97 Å². The van der Waals surface area contributed by atoms with Crippen molar-refractivity contribution in [3.05, 3.63) is 29.8 Å². The molecule has 4 heteroatoms. The Hall–Kier alpha value is -1.55. The quantitative estimate of drug-likeness (QED) is 0.758. The first kappa shape index (κ1) is 14.5. The van der Waals surface area contributed by atoms with Crippen LogP contribution in [0.4, 0.5) is 0 Å². The number of hydrogen-bond acceptors (Lipinski definition) is 4. The van der Waals surface area contributed by atoms with Gasteiger partial charge in [-0.2, -0.15) is 0 Å². The maximum atomic E-state index is 12.1. The Morgan fingerprint density at radius 2 is 2.00 bits per heavy atom. The van der Waals surface area contributed by atoms with Crippen LogP contribution in [0.1, 0.15) is 32.3 Å². The molecule has 0 aliphatic carbocycles. The normalized spacial score (nSPS) is 13.9. The zero-order valence-corrected chi connectivity index (χ0v) is 11.0. The van der Waals surface area contributed by atoms with Gasteiger partial charge in [-0.15, -0.1) is 0 Å². The molecule has 0 aliphatic heterocycles. The molecular formula is C14H21NO3. The van der Waals surface area contributed by atoms with Crippen LogP contribution in [-0.2, 0) is 14.9 Å². The van der Waals surface area contributed by atoms with Crippen molar-refractivity contribution in [1.29, 1.82) is 0 Å². The summed E-state index contributed by atoms with van der Waals surface area (Å²) in [6.07, 6.45) is 1.38. The van der Waals surface area contributed by atoms with Gasteiger partial charge in [-0.05, 0) is 50.9 Å². The number of aromatic hydroxyl groups is 1. The summed E-state index contributed by atoms with van der Waals surface area (Å²) in [7, 11) is 0. The molecule has 0 amide bonds. The molecular weight excluding hydrogens is 230 g/mol. The van der Waals surface area contributed by atoms with E-state index in [2.05, 4.69) is 0 Å². The van der Waals surface area contributed by atoms with Crippen LogP contribution in [0, 0.1) is 0 Å². The Morgan fingerprint density at radius 1 is 1.39 bits per heavy atom. The van der Waals surface area contributed by atoms with Gasteiger partial charge in [0.2, 0.25) is 0 Å². The summed E-state index contributed by atoms with van der Waals surface area (Å²) in [5.41, 5.74) is 5.65. The minimum absolute atomic E-state index is 0.184. The van der Waals surface area contributed by atoms with Crippen LogP contribution >= 0.6 is 0 Å². The zero-order chi connectivity index (χ0) is 13.6. The highest BCUT2D eigenvalue weighted by Gasteiger charge is 2.35. The average molecular weight is 251 g/mol. The largest absolute Gasteiger partial charge is 0.508 e. The van der Waals surface area contributed by atoms with Gasteiger partial charge in [-0.25, -0.2) is 0 Å². The number of hydrogen-bond donors (Lipinski definition) is 2. The molecule has 0 heterocycles. The monoisotopic (exact) mass is 251 g/mol. The van der Waals surface area contributed by atoms with Crippen molar-refractivity contribution in [3.8, 4) is 5.75 Å². The molecule has 0 fully saturated rings. The molecule has 1 aromatic carbocycles. The maximum absolute atomic E-state index is 12.1. The predicted molar refractivity (Wildman–Crippen MR) is 70.4 cm³/mol. The minimum atomic E-state index is -0.705. The van der Waals surface area contributed by atoms with Crippen molar-refractivity contribution in [2.75, 3.05) is 13.2 Å². The summed E-state index contributed by atoms with van der Waals surface area (Å²) in [6.45, 7) is 4.54. The number of rotatable bonds is 6. The van der Waals surface area contributed by atoms with Gasteiger partial charge in [0.1, 0.15) is 5.75 Å². The third kappa shape index (κ3) is 3.23. The van der Waals surface area contributed by atoms with Crippen molar-refractivity contribution in [2.45, 2.75) is 32.1 Å². The molecule has 3 N–H and O–H groups in total. The number of esters is 1. The van der Waals surface area contributed by atoms with Gasteiger partial charge in [0.15, 0.2) is 0 Å². The number of phenols is 1. The van der Waals surface area contributed by atoms with Gasteiger partial charge in [-0.3, -0.25) is 4.79 Å². The molecule has 100 valence electrons. The number of nitrogens with two attached hydrogens (primary N) is 1. The first-order valence-corrected chi connectivity index (χ1v) is 6.21. The van der Waals surface area contributed by atoms with Crippen LogP contribution in [-0.4, -0.2) is 24.2 Å². The Kier molecular flexibility index (Phi) is 5.16.